The van der Waals surface area contributed by atoms with Gasteiger partial charge in [0.05, 0.1) is 5.56 Å². The molecule has 1 saturated heterocycles. The van der Waals surface area contributed by atoms with E-state index < -0.39 is 5.95 Å². The third-order valence-corrected chi connectivity index (χ3v) is 4.08. The van der Waals surface area contributed by atoms with E-state index in [4.69, 9.17) is 0 Å². The molecular weight excluding hydrogens is 279 g/mol. The zero-order chi connectivity index (χ0) is 13.9. The van der Waals surface area contributed by atoms with Gasteiger partial charge in [-0.2, -0.15) is 4.39 Å². The summed E-state index contributed by atoms with van der Waals surface area (Å²) in [6.07, 6.45) is 3.11. The fraction of sp³-hybridized carbons (Fsp3) is 0.308. The summed E-state index contributed by atoms with van der Waals surface area (Å²) in [7, 11) is 0. The minimum absolute atomic E-state index is 0.0372. The highest BCUT2D eigenvalue weighted by Crippen LogP contribution is 2.19. The Kier molecular flexibility index (Phi) is 3.60. The predicted octanol–water partition coefficient (Wildman–Crippen LogP) is 1.64. The van der Waals surface area contributed by atoms with E-state index in [0.717, 1.165) is 5.13 Å². The van der Waals surface area contributed by atoms with Crippen LogP contribution in [-0.4, -0.2) is 47.0 Å². The van der Waals surface area contributed by atoms with Crippen molar-refractivity contribution >= 4 is 22.4 Å². The summed E-state index contributed by atoms with van der Waals surface area (Å²) in [5.41, 5.74) is 0.0372. The molecule has 1 aliphatic rings. The molecule has 7 heteroatoms. The van der Waals surface area contributed by atoms with Crippen LogP contribution in [0.3, 0.4) is 0 Å². The second-order valence-electron chi connectivity index (χ2n) is 4.44. The van der Waals surface area contributed by atoms with Crippen LogP contribution >= 0.6 is 11.3 Å². The third-order valence-electron chi connectivity index (χ3n) is 3.25. The van der Waals surface area contributed by atoms with Crippen LogP contribution in [0.25, 0.3) is 0 Å². The number of rotatable bonds is 2. The topological polar surface area (TPSA) is 49.3 Å². The number of nitrogens with zero attached hydrogens (tertiary/aromatic N) is 4. The van der Waals surface area contributed by atoms with Crippen molar-refractivity contribution in [1.82, 2.24) is 14.9 Å². The second kappa shape index (κ2) is 5.54. The lowest BCUT2D eigenvalue weighted by Gasteiger charge is -2.34. The maximum absolute atomic E-state index is 13.5. The lowest BCUT2D eigenvalue weighted by Crippen LogP contribution is -2.49. The van der Waals surface area contributed by atoms with Crippen molar-refractivity contribution in [3.05, 3.63) is 41.4 Å². The van der Waals surface area contributed by atoms with E-state index in [1.54, 1.807) is 28.5 Å². The quantitative estimate of drug-likeness (QED) is 0.790. The van der Waals surface area contributed by atoms with Crippen LogP contribution in [0.2, 0.25) is 0 Å². The summed E-state index contributed by atoms with van der Waals surface area (Å²) < 4.78 is 13.5. The van der Waals surface area contributed by atoms with E-state index in [9.17, 15) is 9.18 Å². The molecule has 0 aliphatic carbocycles. The van der Waals surface area contributed by atoms with E-state index in [1.807, 2.05) is 5.38 Å². The van der Waals surface area contributed by atoms with Gasteiger partial charge in [-0.25, -0.2) is 9.97 Å². The number of pyridine rings is 1. The normalized spacial score (nSPS) is 15.4. The van der Waals surface area contributed by atoms with Gasteiger partial charge in [0.25, 0.3) is 5.91 Å². The van der Waals surface area contributed by atoms with Crippen molar-refractivity contribution in [1.29, 1.82) is 0 Å². The predicted molar refractivity (Wildman–Crippen MR) is 74.4 cm³/mol. The Morgan fingerprint density at radius 3 is 2.65 bits per heavy atom. The fourth-order valence-electron chi connectivity index (χ4n) is 2.19. The molecule has 1 amide bonds. The Morgan fingerprint density at radius 1 is 1.20 bits per heavy atom. The van der Waals surface area contributed by atoms with Gasteiger partial charge >= 0.3 is 0 Å². The van der Waals surface area contributed by atoms with Gasteiger partial charge in [-0.3, -0.25) is 4.79 Å². The number of hydrogen-bond acceptors (Lipinski definition) is 5. The minimum Gasteiger partial charge on any atom is -0.345 e. The Morgan fingerprint density at radius 2 is 2.00 bits per heavy atom. The molecule has 0 radical (unpaired) electrons. The molecule has 0 atom stereocenters. The molecule has 2 aromatic rings. The molecule has 20 heavy (non-hydrogen) atoms. The van der Waals surface area contributed by atoms with Crippen LogP contribution in [0.1, 0.15) is 10.4 Å². The van der Waals surface area contributed by atoms with E-state index in [0.29, 0.717) is 26.2 Å². The lowest BCUT2D eigenvalue weighted by molar-refractivity contribution is 0.0741. The van der Waals surface area contributed by atoms with Crippen LogP contribution < -0.4 is 4.90 Å². The maximum atomic E-state index is 13.5. The van der Waals surface area contributed by atoms with Crippen molar-refractivity contribution in [2.24, 2.45) is 0 Å². The number of thiazole rings is 1. The molecule has 0 aromatic carbocycles. The molecule has 1 fully saturated rings. The smallest absolute Gasteiger partial charge is 0.258 e. The summed E-state index contributed by atoms with van der Waals surface area (Å²) in [5.74, 6) is -1.01. The van der Waals surface area contributed by atoms with Crippen LogP contribution in [0.4, 0.5) is 9.52 Å². The molecule has 0 saturated carbocycles. The van der Waals surface area contributed by atoms with Crippen LogP contribution in [0.5, 0.6) is 0 Å². The molecule has 1 aliphatic heterocycles. The molecule has 2 aromatic heterocycles. The van der Waals surface area contributed by atoms with Crippen molar-refractivity contribution in [2.75, 3.05) is 31.1 Å². The average molecular weight is 292 g/mol. The number of hydrogen-bond donors (Lipinski definition) is 0. The third kappa shape index (κ3) is 2.49. The van der Waals surface area contributed by atoms with E-state index in [2.05, 4.69) is 14.9 Å². The van der Waals surface area contributed by atoms with Gasteiger partial charge in [0.15, 0.2) is 5.13 Å². The number of anilines is 1. The summed E-state index contributed by atoms with van der Waals surface area (Å²) in [6.45, 7) is 2.54. The Balaban J connectivity index is 1.66. The van der Waals surface area contributed by atoms with E-state index in [-0.39, 0.29) is 11.5 Å². The molecule has 0 N–H and O–H groups in total. The number of halogens is 1. The van der Waals surface area contributed by atoms with Crippen molar-refractivity contribution in [3.8, 4) is 0 Å². The maximum Gasteiger partial charge on any atom is 0.258 e. The number of carbonyl (C=O) groups is 1. The summed E-state index contributed by atoms with van der Waals surface area (Å²) >= 11 is 1.58. The fourth-order valence-corrected chi connectivity index (χ4v) is 2.89. The largest absolute Gasteiger partial charge is 0.345 e. The highest BCUT2D eigenvalue weighted by molar-refractivity contribution is 7.13. The van der Waals surface area contributed by atoms with Crippen molar-refractivity contribution in [2.45, 2.75) is 0 Å². The molecule has 5 nitrogen and oxygen atoms in total. The number of aromatic nitrogens is 2. The van der Waals surface area contributed by atoms with Crippen LogP contribution in [0, 0.1) is 5.95 Å². The van der Waals surface area contributed by atoms with E-state index in [1.165, 1.54) is 12.3 Å². The molecule has 0 unspecified atom stereocenters. The van der Waals surface area contributed by atoms with E-state index >= 15 is 0 Å². The first kappa shape index (κ1) is 13.0. The van der Waals surface area contributed by atoms with Crippen molar-refractivity contribution < 1.29 is 9.18 Å². The van der Waals surface area contributed by atoms with Crippen LogP contribution in [-0.2, 0) is 0 Å². The van der Waals surface area contributed by atoms with Gasteiger partial charge < -0.3 is 9.80 Å². The Hall–Kier alpha value is -2.02. The monoisotopic (exact) mass is 292 g/mol. The van der Waals surface area contributed by atoms with Gasteiger partial charge in [-0.1, -0.05) is 0 Å². The first-order valence-electron chi connectivity index (χ1n) is 6.30. The van der Waals surface area contributed by atoms with Crippen LogP contribution in [0.15, 0.2) is 29.9 Å². The molecular formula is C13H13FN4OS. The molecule has 0 bridgehead atoms. The molecule has 3 heterocycles. The number of piperazine rings is 1. The Labute approximate surface area is 119 Å². The molecule has 0 spiro atoms. The average Bonchev–Trinajstić information content (AvgIpc) is 3.01. The second-order valence-corrected chi connectivity index (χ2v) is 5.31. The molecule has 3 rings (SSSR count). The van der Waals surface area contributed by atoms with Gasteiger partial charge in [-0.05, 0) is 12.1 Å². The molecule has 104 valence electrons. The summed E-state index contributed by atoms with van der Waals surface area (Å²) in [5, 5.41) is 2.89. The van der Waals surface area contributed by atoms with Gasteiger partial charge in [0, 0.05) is 44.0 Å². The van der Waals surface area contributed by atoms with Gasteiger partial charge in [0.2, 0.25) is 5.95 Å². The van der Waals surface area contributed by atoms with Gasteiger partial charge in [-0.15, -0.1) is 11.3 Å². The first-order valence-corrected chi connectivity index (χ1v) is 7.18. The SMILES string of the molecule is O=C(c1cccnc1F)N1CCN(c2nccs2)CC1. The highest BCUT2D eigenvalue weighted by Gasteiger charge is 2.25. The lowest BCUT2D eigenvalue weighted by atomic mass is 10.2. The zero-order valence-corrected chi connectivity index (χ0v) is 11.5. The minimum atomic E-state index is -0.708. The Bertz CT molecular complexity index is 596. The number of amides is 1. The zero-order valence-electron chi connectivity index (χ0n) is 10.7. The standard InChI is InChI=1S/C13H13FN4OS/c14-11-10(2-1-3-15-11)12(19)17-5-7-18(8-6-17)13-16-4-9-20-13/h1-4,9H,5-8H2. The summed E-state index contributed by atoms with van der Waals surface area (Å²) in [4.78, 5) is 23.8. The first-order chi connectivity index (χ1) is 9.75. The van der Waals surface area contributed by atoms with Gasteiger partial charge in [0.1, 0.15) is 0 Å². The number of carbonyl (C=O) groups excluding carboxylic acids is 1. The van der Waals surface area contributed by atoms with Crippen molar-refractivity contribution in [3.63, 3.8) is 0 Å². The highest BCUT2D eigenvalue weighted by atomic mass is 32.1. The summed E-state index contributed by atoms with van der Waals surface area (Å²) in [6, 6.07) is 3.04.